The van der Waals surface area contributed by atoms with Crippen molar-refractivity contribution in [1.82, 2.24) is 19.9 Å². The fourth-order valence-electron chi connectivity index (χ4n) is 2.69. The summed E-state index contributed by atoms with van der Waals surface area (Å²) in [5.41, 5.74) is 6.06. The van der Waals surface area contributed by atoms with Crippen LogP contribution in [-0.2, 0) is 11.2 Å². The Kier molecular flexibility index (Phi) is 16.5. The van der Waals surface area contributed by atoms with Crippen molar-refractivity contribution in [2.45, 2.75) is 61.3 Å². The molecule has 8 heteroatoms. The van der Waals surface area contributed by atoms with Gasteiger partial charge in [-0.3, -0.25) is 4.79 Å². The standard InChI is InChI=1S/C18H20FN3OS.C3H8.C2H5NO.C2H6/c1-4-15-11-12(2)22-18(20-15)13(3)17(21-22)14-5-7-16(8-6-14)23-9-10-24-19;1-3-2;1-3-2-4;1-2/h5-8,11H,4,9-10H2,1-3H3;3H2,1-2H3;2H,1H3,(H,3,4);1-2H3. The summed E-state index contributed by atoms with van der Waals surface area (Å²) in [6, 6.07) is 9.80. The van der Waals surface area contributed by atoms with Crippen LogP contribution in [0.4, 0.5) is 3.89 Å². The second-order valence-electron chi connectivity index (χ2n) is 6.75. The first kappa shape index (κ1) is 30.4. The van der Waals surface area contributed by atoms with Gasteiger partial charge in [0.2, 0.25) is 6.41 Å². The van der Waals surface area contributed by atoms with Crippen LogP contribution < -0.4 is 10.1 Å². The van der Waals surface area contributed by atoms with Crippen LogP contribution in [0.25, 0.3) is 16.9 Å². The van der Waals surface area contributed by atoms with Gasteiger partial charge in [-0.1, -0.05) is 41.0 Å². The van der Waals surface area contributed by atoms with Crippen molar-refractivity contribution in [2.75, 3.05) is 19.4 Å². The van der Waals surface area contributed by atoms with Gasteiger partial charge in [0.15, 0.2) is 5.65 Å². The maximum absolute atomic E-state index is 12.0. The van der Waals surface area contributed by atoms with Gasteiger partial charge >= 0.3 is 0 Å². The summed E-state index contributed by atoms with van der Waals surface area (Å²) < 4.78 is 19.4. The Labute approximate surface area is 202 Å². The van der Waals surface area contributed by atoms with E-state index in [-0.39, 0.29) is 12.1 Å². The van der Waals surface area contributed by atoms with Crippen LogP contribution in [0.2, 0.25) is 0 Å². The summed E-state index contributed by atoms with van der Waals surface area (Å²) in [5.74, 6) is 1.06. The number of amides is 1. The summed E-state index contributed by atoms with van der Waals surface area (Å²) >= 11 is 0.285. The molecule has 0 aliphatic carbocycles. The highest BCUT2D eigenvalue weighted by Gasteiger charge is 2.14. The third-order valence-electron chi connectivity index (χ3n) is 4.09. The molecule has 1 amide bonds. The third kappa shape index (κ3) is 9.82. The van der Waals surface area contributed by atoms with E-state index in [9.17, 15) is 3.89 Å². The first-order valence-corrected chi connectivity index (χ1v) is 12.3. The van der Waals surface area contributed by atoms with Gasteiger partial charge < -0.3 is 10.1 Å². The zero-order valence-corrected chi connectivity index (χ0v) is 22.1. The molecule has 0 aliphatic rings. The number of carbonyl (C=O) groups excluding carboxylic acids is 1. The topological polar surface area (TPSA) is 68.5 Å². The van der Waals surface area contributed by atoms with Crippen LogP contribution >= 0.6 is 12.1 Å². The number of aromatic nitrogens is 3. The molecule has 0 radical (unpaired) electrons. The highest BCUT2D eigenvalue weighted by atomic mass is 32.2. The van der Waals surface area contributed by atoms with Gasteiger partial charge in [0.1, 0.15) is 5.75 Å². The third-order valence-corrected chi connectivity index (χ3v) is 4.41. The molecule has 2 aromatic heterocycles. The van der Waals surface area contributed by atoms with E-state index in [2.05, 4.69) is 32.2 Å². The minimum Gasteiger partial charge on any atom is -0.493 e. The van der Waals surface area contributed by atoms with Gasteiger partial charge in [-0.25, -0.2) is 9.50 Å². The van der Waals surface area contributed by atoms with E-state index in [1.807, 2.05) is 56.5 Å². The molecule has 0 bridgehead atoms. The molecular weight excluding hydrogens is 439 g/mol. The lowest BCUT2D eigenvalue weighted by Crippen LogP contribution is -1.99. The fraction of sp³-hybridized carbons (Fsp3) is 0.480. The van der Waals surface area contributed by atoms with Gasteiger partial charge in [-0.05, 0) is 50.6 Å². The van der Waals surface area contributed by atoms with E-state index >= 15 is 0 Å². The van der Waals surface area contributed by atoms with E-state index in [1.54, 1.807) is 7.05 Å². The number of fused-ring (bicyclic) bond motifs is 1. The maximum atomic E-state index is 12.0. The number of hydrogen-bond donors (Lipinski definition) is 1. The molecule has 33 heavy (non-hydrogen) atoms. The minimum atomic E-state index is 0.285. The Bertz CT molecular complexity index is 930. The van der Waals surface area contributed by atoms with E-state index in [4.69, 9.17) is 19.6 Å². The van der Waals surface area contributed by atoms with Gasteiger partial charge in [0.25, 0.3) is 0 Å². The minimum absolute atomic E-state index is 0.285. The van der Waals surface area contributed by atoms with Crippen molar-refractivity contribution in [3.05, 3.63) is 47.3 Å². The summed E-state index contributed by atoms with van der Waals surface area (Å²) in [4.78, 5) is 13.8. The Hall–Kier alpha value is -2.61. The number of nitrogens with one attached hydrogen (secondary N) is 1. The second kappa shape index (κ2) is 17.9. The Balaban J connectivity index is 0.000000989. The van der Waals surface area contributed by atoms with Crippen molar-refractivity contribution in [3.63, 3.8) is 0 Å². The maximum Gasteiger partial charge on any atom is 0.206 e. The molecule has 3 rings (SSSR count). The van der Waals surface area contributed by atoms with Crippen LogP contribution in [-0.4, -0.2) is 40.4 Å². The number of rotatable bonds is 7. The molecular formula is C25H39FN4O2S. The smallest absolute Gasteiger partial charge is 0.206 e. The number of nitrogens with zero attached hydrogens (tertiary/aromatic N) is 3. The summed E-state index contributed by atoms with van der Waals surface area (Å²) in [6.45, 7) is 14.8. The number of halogens is 1. The molecule has 2 heterocycles. The first-order chi connectivity index (χ1) is 16.0. The summed E-state index contributed by atoms with van der Waals surface area (Å²) in [5, 5.41) is 6.97. The normalized spacial score (nSPS) is 9.48. The molecule has 0 saturated heterocycles. The lowest BCUT2D eigenvalue weighted by atomic mass is 10.1. The van der Waals surface area contributed by atoms with Crippen molar-refractivity contribution < 1.29 is 13.4 Å². The number of ether oxygens (including phenoxy) is 1. The van der Waals surface area contributed by atoms with Crippen molar-refractivity contribution in [1.29, 1.82) is 0 Å². The highest BCUT2D eigenvalue weighted by Crippen LogP contribution is 2.27. The average molecular weight is 479 g/mol. The largest absolute Gasteiger partial charge is 0.493 e. The van der Waals surface area contributed by atoms with Crippen molar-refractivity contribution in [2.24, 2.45) is 0 Å². The van der Waals surface area contributed by atoms with E-state index < -0.39 is 0 Å². The van der Waals surface area contributed by atoms with E-state index in [0.717, 1.165) is 46.0 Å². The van der Waals surface area contributed by atoms with Crippen LogP contribution in [0.5, 0.6) is 5.75 Å². The number of hydrogen-bond acceptors (Lipinski definition) is 5. The van der Waals surface area contributed by atoms with Crippen LogP contribution in [0.3, 0.4) is 0 Å². The average Bonchev–Trinajstić information content (AvgIpc) is 3.18. The molecule has 0 spiro atoms. The predicted molar refractivity (Wildman–Crippen MR) is 139 cm³/mol. The molecule has 184 valence electrons. The Morgan fingerprint density at radius 3 is 2.21 bits per heavy atom. The lowest BCUT2D eigenvalue weighted by Gasteiger charge is -2.05. The molecule has 0 atom stereocenters. The molecule has 3 aromatic rings. The van der Waals surface area contributed by atoms with Gasteiger partial charge in [-0.15, -0.1) is 0 Å². The van der Waals surface area contributed by atoms with E-state index in [1.165, 1.54) is 6.42 Å². The first-order valence-electron chi connectivity index (χ1n) is 11.4. The molecule has 0 saturated carbocycles. The molecule has 0 unspecified atom stereocenters. The molecule has 1 N–H and O–H groups in total. The quantitative estimate of drug-likeness (QED) is 0.315. The number of aryl methyl sites for hydroxylation is 3. The second-order valence-corrected chi connectivity index (χ2v) is 7.38. The zero-order valence-electron chi connectivity index (χ0n) is 21.2. The highest BCUT2D eigenvalue weighted by molar-refractivity contribution is 7.94. The fourth-order valence-corrected chi connectivity index (χ4v) is 2.84. The summed E-state index contributed by atoms with van der Waals surface area (Å²) in [7, 11) is 1.56. The molecule has 1 aromatic carbocycles. The molecule has 0 aliphatic heterocycles. The van der Waals surface area contributed by atoms with Crippen molar-refractivity contribution >= 4 is 24.2 Å². The van der Waals surface area contributed by atoms with Gasteiger partial charge in [0, 0.05) is 41.7 Å². The monoisotopic (exact) mass is 478 g/mol. The zero-order chi connectivity index (χ0) is 25.2. The number of carbonyl (C=O) groups is 1. The SMILES string of the molecule is CC.CCC.CCc1cc(C)n2nc(-c3ccc(OCCSF)cc3)c(C)c2n1.CNC=O. The predicted octanol–water partition coefficient (Wildman–Crippen LogP) is 6.38. The summed E-state index contributed by atoms with van der Waals surface area (Å²) in [6.07, 6.45) is 2.78. The van der Waals surface area contributed by atoms with E-state index in [0.29, 0.717) is 18.8 Å². The van der Waals surface area contributed by atoms with Gasteiger partial charge in [-0.2, -0.15) is 8.98 Å². The number of benzene rings is 1. The molecule has 0 fully saturated rings. The van der Waals surface area contributed by atoms with Crippen LogP contribution in [0.15, 0.2) is 30.3 Å². The van der Waals surface area contributed by atoms with Crippen LogP contribution in [0.1, 0.15) is 58.0 Å². The lowest BCUT2D eigenvalue weighted by molar-refractivity contribution is -0.109. The van der Waals surface area contributed by atoms with Crippen molar-refractivity contribution in [3.8, 4) is 17.0 Å². The van der Waals surface area contributed by atoms with Gasteiger partial charge in [0.05, 0.1) is 18.1 Å². The Morgan fingerprint density at radius 2 is 1.73 bits per heavy atom. The van der Waals surface area contributed by atoms with Crippen LogP contribution in [0, 0.1) is 13.8 Å². The molecule has 6 nitrogen and oxygen atoms in total. The Morgan fingerprint density at radius 1 is 1.15 bits per heavy atom.